The van der Waals surface area contributed by atoms with Crippen molar-refractivity contribution >= 4 is 34.6 Å². The van der Waals surface area contributed by atoms with E-state index in [0.717, 1.165) is 23.4 Å². The standard InChI is InChI=1S/C17H15ClN2OS/c1-17-10-14(13-7-2-3-8-15(13)21-17)19-16(22)20(17)12-6-4-5-11(18)9-12/h2-9,14H,10H2,1H3,(H,19,22)/t14-,17+/m1/s1. The summed E-state index contributed by atoms with van der Waals surface area (Å²) in [7, 11) is 0. The molecule has 3 nitrogen and oxygen atoms in total. The molecule has 0 amide bonds. The summed E-state index contributed by atoms with van der Waals surface area (Å²) in [5, 5.41) is 4.78. The van der Waals surface area contributed by atoms with Gasteiger partial charge >= 0.3 is 0 Å². The third-order valence-electron chi connectivity index (χ3n) is 4.25. The van der Waals surface area contributed by atoms with Crippen molar-refractivity contribution in [1.82, 2.24) is 5.32 Å². The number of nitrogens with one attached hydrogen (secondary N) is 1. The average molecular weight is 331 g/mol. The Balaban J connectivity index is 1.82. The second-order valence-corrected chi connectivity index (χ2v) is 6.66. The van der Waals surface area contributed by atoms with Crippen LogP contribution in [0.5, 0.6) is 5.75 Å². The lowest BCUT2D eigenvalue weighted by atomic mass is 9.90. The van der Waals surface area contributed by atoms with Crippen molar-refractivity contribution in [2.24, 2.45) is 0 Å². The molecule has 5 heteroatoms. The predicted octanol–water partition coefficient (Wildman–Crippen LogP) is 4.27. The minimum absolute atomic E-state index is 0.179. The molecule has 2 atom stereocenters. The van der Waals surface area contributed by atoms with Gasteiger partial charge in [-0.05, 0) is 43.4 Å². The van der Waals surface area contributed by atoms with E-state index in [-0.39, 0.29) is 6.04 Å². The Morgan fingerprint density at radius 3 is 2.91 bits per heavy atom. The van der Waals surface area contributed by atoms with Gasteiger partial charge in [0.1, 0.15) is 5.75 Å². The van der Waals surface area contributed by atoms with Crippen LogP contribution in [-0.4, -0.2) is 10.8 Å². The summed E-state index contributed by atoms with van der Waals surface area (Å²) in [6.07, 6.45) is 0.816. The lowest BCUT2D eigenvalue weighted by Crippen LogP contribution is -2.65. The molecule has 1 saturated heterocycles. The van der Waals surface area contributed by atoms with Crippen LogP contribution >= 0.6 is 23.8 Å². The number of para-hydroxylation sites is 1. The first-order chi connectivity index (χ1) is 10.6. The van der Waals surface area contributed by atoms with Gasteiger partial charge in [-0.25, -0.2) is 0 Å². The highest BCUT2D eigenvalue weighted by Gasteiger charge is 2.48. The minimum Gasteiger partial charge on any atom is -0.467 e. The Morgan fingerprint density at radius 1 is 1.27 bits per heavy atom. The first kappa shape index (κ1) is 13.9. The van der Waals surface area contributed by atoms with Crippen molar-refractivity contribution in [2.45, 2.75) is 25.1 Å². The van der Waals surface area contributed by atoms with Crippen molar-refractivity contribution < 1.29 is 4.74 Å². The molecule has 2 aliphatic rings. The van der Waals surface area contributed by atoms with Crippen LogP contribution in [-0.2, 0) is 0 Å². The molecule has 0 unspecified atom stereocenters. The zero-order valence-corrected chi connectivity index (χ0v) is 13.6. The number of thiocarbonyl (C=S) groups is 1. The number of nitrogens with zero attached hydrogens (tertiary/aromatic N) is 1. The Morgan fingerprint density at radius 2 is 2.09 bits per heavy atom. The molecule has 0 saturated carbocycles. The van der Waals surface area contributed by atoms with E-state index in [9.17, 15) is 0 Å². The van der Waals surface area contributed by atoms with Gasteiger partial charge in [-0.1, -0.05) is 35.9 Å². The highest BCUT2D eigenvalue weighted by atomic mass is 35.5. The smallest absolute Gasteiger partial charge is 0.188 e. The van der Waals surface area contributed by atoms with E-state index in [4.69, 9.17) is 28.6 Å². The predicted molar refractivity (Wildman–Crippen MR) is 92.5 cm³/mol. The molecule has 0 aromatic heterocycles. The summed E-state index contributed by atoms with van der Waals surface area (Å²) in [6.45, 7) is 2.07. The van der Waals surface area contributed by atoms with Gasteiger partial charge < -0.3 is 10.1 Å². The number of hydrogen-bond acceptors (Lipinski definition) is 2. The second kappa shape index (κ2) is 4.86. The van der Waals surface area contributed by atoms with Crippen LogP contribution in [0.1, 0.15) is 24.9 Å². The topological polar surface area (TPSA) is 24.5 Å². The van der Waals surface area contributed by atoms with E-state index >= 15 is 0 Å². The fourth-order valence-corrected chi connectivity index (χ4v) is 3.95. The maximum atomic E-state index is 6.32. The SMILES string of the molecule is C[C@]12C[C@@H](NC(=S)N1c1cccc(Cl)c1)c1ccccc1O2. The molecule has 1 fully saturated rings. The van der Waals surface area contributed by atoms with Gasteiger partial charge in [0.05, 0.1) is 6.04 Å². The third kappa shape index (κ3) is 2.06. The first-order valence-electron chi connectivity index (χ1n) is 7.21. The molecule has 2 aromatic rings. The molecule has 1 N–H and O–H groups in total. The highest BCUT2D eigenvalue weighted by Crippen LogP contribution is 2.45. The van der Waals surface area contributed by atoms with Crippen LogP contribution in [0.4, 0.5) is 5.69 Å². The third-order valence-corrected chi connectivity index (χ3v) is 4.78. The lowest BCUT2D eigenvalue weighted by molar-refractivity contribution is 0.0498. The number of ether oxygens (including phenoxy) is 1. The van der Waals surface area contributed by atoms with Gasteiger partial charge in [-0.15, -0.1) is 0 Å². The number of halogens is 1. The summed E-state index contributed by atoms with van der Waals surface area (Å²) in [5.41, 5.74) is 1.57. The quantitative estimate of drug-likeness (QED) is 0.789. The lowest BCUT2D eigenvalue weighted by Gasteiger charge is -2.52. The normalized spacial score (nSPS) is 26.0. The van der Waals surface area contributed by atoms with E-state index in [2.05, 4.69) is 18.3 Å². The van der Waals surface area contributed by atoms with Crippen molar-refractivity contribution in [3.63, 3.8) is 0 Å². The van der Waals surface area contributed by atoms with E-state index in [1.807, 2.05) is 47.4 Å². The van der Waals surface area contributed by atoms with E-state index in [0.29, 0.717) is 10.1 Å². The number of hydrogen-bond donors (Lipinski definition) is 1. The van der Waals surface area contributed by atoms with Crippen LogP contribution < -0.4 is 15.0 Å². The number of fused-ring (bicyclic) bond motifs is 4. The Labute approximate surface area is 139 Å². The molecule has 2 aliphatic heterocycles. The largest absolute Gasteiger partial charge is 0.467 e. The van der Waals surface area contributed by atoms with Crippen LogP contribution in [0, 0.1) is 0 Å². The molecule has 112 valence electrons. The molecular weight excluding hydrogens is 316 g/mol. The summed E-state index contributed by atoms with van der Waals surface area (Å²) in [5.74, 6) is 0.906. The summed E-state index contributed by atoms with van der Waals surface area (Å²) < 4.78 is 6.32. The summed E-state index contributed by atoms with van der Waals surface area (Å²) >= 11 is 11.7. The molecule has 2 heterocycles. The van der Waals surface area contributed by atoms with Gasteiger partial charge in [-0.2, -0.15) is 0 Å². The highest BCUT2D eigenvalue weighted by molar-refractivity contribution is 7.80. The molecule has 2 bridgehead atoms. The molecule has 0 spiro atoms. The summed E-state index contributed by atoms with van der Waals surface area (Å²) in [4.78, 5) is 2.01. The van der Waals surface area contributed by atoms with Gasteiger partial charge in [0, 0.05) is 22.7 Å². The molecular formula is C17H15ClN2OS. The Bertz CT molecular complexity index is 766. The van der Waals surface area contributed by atoms with Crippen molar-refractivity contribution in [3.05, 3.63) is 59.1 Å². The van der Waals surface area contributed by atoms with Gasteiger partial charge in [0.15, 0.2) is 10.8 Å². The zero-order valence-electron chi connectivity index (χ0n) is 12.0. The second-order valence-electron chi connectivity index (χ2n) is 5.84. The Hall–Kier alpha value is -1.78. The van der Waals surface area contributed by atoms with Crippen molar-refractivity contribution in [3.8, 4) is 5.75 Å². The summed E-state index contributed by atoms with van der Waals surface area (Å²) in [6, 6.07) is 16.0. The number of benzene rings is 2. The molecule has 4 rings (SSSR count). The molecule has 22 heavy (non-hydrogen) atoms. The van der Waals surface area contributed by atoms with Crippen LogP contribution in [0.15, 0.2) is 48.5 Å². The fourth-order valence-electron chi connectivity index (χ4n) is 3.33. The van der Waals surface area contributed by atoms with Crippen molar-refractivity contribution in [2.75, 3.05) is 4.90 Å². The average Bonchev–Trinajstić information content (AvgIpc) is 2.46. The molecule has 0 aliphatic carbocycles. The van der Waals surface area contributed by atoms with Crippen LogP contribution in [0.25, 0.3) is 0 Å². The number of rotatable bonds is 1. The maximum Gasteiger partial charge on any atom is 0.188 e. The van der Waals surface area contributed by atoms with E-state index in [1.165, 1.54) is 0 Å². The van der Waals surface area contributed by atoms with Gasteiger partial charge in [0.2, 0.25) is 0 Å². The maximum absolute atomic E-state index is 6.32. The minimum atomic E-state index is -0.522. The van der Waals surface area contributed by atoms with Crippen molar-refractivity contribution in [1.29, 1.82) is 0 Å². The van der Waals surface area contributed by atoms with Crippen LogP contribution in [0.3, 0.4) is 0 Å². The fraction of sp³-hybridized carbons (Fsp3) is 0.235. The van der Waals surface area contributed by atoms with Crippen LogP contribution in [0.2, 0.25) is 5.02 Å². The zero-order chi connectivity index (χ0) is 15.3. The number of anilines is 1. The monoisotopic (exact) mass is 330 g/mol. The van der Waals surface area contributed by atoms with Gasteiger partial charge in [-0.3, -0.25) is 4.90 Å². The van der Waals surface area contributed by atoms with E-state index < -0.39 is 5.72 Å². The molecule has 2 aromatic carbocycles. The Kier molecular flexibility index (Phi) is 3.06. The molecule has 0 radical (unpaired) electrons. The first-order valence-corrected chi connectivity index (χ1v) is 8.00. The van der Waals surface area contributed by atoms with Gasteiger partial charge in [0.25, 0.3) is 0 Å². The van der Waals surface area contributed by atoms with E-state index in [1.54, 1.807) is 0 Å².